The van der Waals surface area contributed by atoms with Gasteiger partial charge in [-0.05, 0) is 61.7 Å². The Hall–Kier alpha value is -1.52. The Kier molecular flexibility index (Phi) is 2.59. The first-order valence-corrected chi connectivity index (χ1v) is 7.71. The Morgan fingerprint density at radius 2 is 1.85 bits per heavy atom. The first-order valence-electron chi connectivity index (χ1n) is 7.71. The number of aromatic amines is 1. The van der Waals surface area contributed by atoms with Crippen molar-refractivity contribution in [1.29, 1.82) is 0 Å². The van der Waals surface area contributed by atoms with E-state index in [2.05, 4.69) is 15.3 Å². The lowest BCUT2D eigenvalue weighted by Gasteiger charge is -2.57. The van der Waals surface area contributed by atoms with Gasteiger partial charge in [-0.3, -0.25) is 9.78 Å². The summed E-state index contributed by atoms with van der Waals surface area (Å²) < 4.78 is 0. The Labute approximate surface area is 118 Å². The second-order valence-electron chi connectivity index (χ2n) is 7.29. The maximum atomic E-state index is 11.4. The van der Waals surface area contributed by atoms with Crippen molar-refractivity contribution in [3.8, 4) is 0 Å². The zero-order chi connectivity index (χ0) is 13.7. The quantitative estimate of drug-likeness (QED) is 0.787. The molecular formula is C15H22N4O. The minimum Gasteiger partial charge on any atom is -0.369 e. The van der Waals surface area contributed by atoms with Crippen LogP contribution in [0.15, 0.2) is 10.9 Å². The average Bonchev–Trinajstić information content (AvgIpc) is 2.34. The third-order valence-corrected chi connectivity index (χ3v) is 5.57. The molecule has 4 bridgehead atoms. The highest BCUT2D eigenvalue weighted by molar-refractivity contribution is 5.37. The molecule has 4 N–H and O–H groups in total. The number of aromatic nitrogens is 2. The maximum Gasteiger partial charge on any atom is 0.254 e. The number of anilines is 2. The number of nitrogens with two attached hydrogens (primary N) is 1. The number of rotatable bonds is 3. The second kappa shape index (κ2) is 4.24. The molecule has 0 radical (unpaired) electrons. The zero-order valence-electron chi connectivity index (χ0n) is 11.7. The summed E-state index contributed by atoms with van der Waals surface area (Å²) in [6, 6.07) is 1.50. The smallest absolute Gasteiger partial charge is 0.254 e. The van der Waals surface area contributed by atoms with Crippen molar-refractivity contribution in [2.75, 3.05) is 17.6 Å². The first-order chi connectivity index (χ1) is 9.60. The van der Waals surface area contributed by atoms with Gasteiger partial charge in [-0.25, -0.2) is 0 Å². The third kappa shape index (κ3) is 2.09. The summed E-state index contributed by atoms with van der Waals surface area (Å²) in [7, 11) is 0. The molecule has 5 heteroatoms. The van der Waals surface area contributed by atoms with Crippen molar-refractivity contribution in [1.82, 2.24) is 9.97 Å². The molecule has 1 aromatic heterocycles. The second-order valence-corrected chi connectivity index (χ2v) is 7.29. The summed E-state index contributed by atoms with van der Waals surface area (Å²) in [6.45, 7) is 0.937. The molecule has 0 amide bonds. The van der Waals surface area contributed by atoms with Crippen LogP contribution >= 0.6 is 0 Å². The van der Waals surface area contributed by atoms with Crippen LogP contribution in [-0.4, -0.2) is 16.5 Å². The Morgan fingerprint density at radius 3 is 2.40 bits per heavy atom. The van der Waals surface area contributed by atoms with Crippen LogP contribution in [0.1, 0.15) is 38.5 Å². The molecule has 0 aromatic carbocycles. The van der Waals surface area contributed by atoms with Gasteiger partial charge in [-0.15, -0.1) is 0 Å². The molecule has 20 heavy (non-hydrogen) atoms. The van der Waals surface area contributed by atoms with Crippen LogP contribution in [-0.2, 0) is 0 Å². The van der Waals surface area contributed by atoms with Gasteiger partial charge in [0.2, 0.25) is 5.95 Å². The Bertz CT molecular complexity index is 544. The molecule has 0 saturated heterocycles. The number of hydrogen-bond donors (Lipinski definition) is 3. The fourth-order valence-corrected chi connectivity index (χ4v) is 5.35. The molecule has 4 saturated carbocycles. The monoisotopic (exact) mass is 274 g/mol. The van der Waals surface area contributed by atoms with Crippen LogP contribution in [0.3, 0.4) is 0 Å². The van der Waals surface area contributed by atoms with Crippen molar-refractivity contribution in [2.24, 2.45) is 23.2 Å². The van der Waals surface area contributed by atoms with Gasteiger partial charge >= 0.3 is 0 Å². The average molecular weight is 274 g/mol. The van der Waals surface area contributed by atoms with Gasteiger partial charge in [0.05, 0.1) is 0 Å². The SMILES string of the molecule is Nc1nc(NCC23CC4CC(CC(C4)C2)C3)cc(=O)[nH]1. The van der Waals surface area contributed by atoms with Gasteiger partial charge < -0.3 is 11.1 Å². The van der Waals surface area contributed by atoms with Crippen LogP contribution in [0.2, 0.25) is 0 Å². The van der Waals surface area contributed by atoms with Crippen molar-refractivity contribution >= 4 is 11.8 Å². The molecule has 0 spiro atoms. The number of hydrogen-bond acceptors (Lipinski definition) is 4. The molecule has 0 unspecified atom stereocenters. The van der Waals surface area contributed by atoms with Crippen LogP contribution < -0.4 is 16.6 Å². The van der Waals surface area contributed by atoms with Gasteiger partial charge in [0.15, 0.2) is 0 Å². The number of nitrogens with zero attached hydrogens (tertiary/aromatic N) is 1. The van der Waals surface area contributed by atoms with Crippen molar-refractivity contribution in [2.45, 2.75) is 38.5 Å². The fraction of sp³-hybridized carbons (Fsp3) is 0.733. The van der Waals surface area contributed by atoms with E-state index < -0.39 is 0 Å². The van der Waals surface area contributed by atoms with Crippen molar-refractivity contribution in [3.63, 3.8) is 0 Å². The van der Waals surface area contributed by atoms with Gasteiger partial charge in [0.25, 0.3) is 5.56 Å². The van der Waals surface area contributed by atoms with E-state index in [1.807, 2.05) is 0 Å². The number of H-pyrrole nitrogens is 1. The van der Waals surface area contributed by atoms with E-state index in [0.29, 0.717) is 11.2 Å². The summed E-state index contributed by atoms with van der Waals surface area (Å²) in [5.41, 5.74) is 5.84. The van der Waals surface area contributed by atoms with Gasteiger partial charge in [-0.1, -0.05) is 0 Å². The van der Waals surface area contributed by atoms with E-state index in [1.165, 1.54) is 44.6 Å². The van der Waals surface area contributed by atoms with E-state index in [0.717, 1.165) is 24.3 Å². The Morgan fingerprint density at radius 1 is 1.25 bits per heavy atom. The molecule has 5 nitrogen and oxygen atoms in total. The molecule has 4 fully saturated rings. The number of nitrogens with one attached hydrogen (secondary N) is 2. The van der Waals surface area contributed by atoms with Crippen LogP contribution in [0.25, 0.3) is 0 Å². The summed E-state index contributed by atoms with van der Waals surface area (Å²) in [5, 5.41) is 3.37. The third-order valence-electron chi connectivity index (χ3n) is 5.57. The highest BCUT2D eigenvalue weighted by Gasteiger charge is 2.50. The molecule has 5 rings (SSSR count). The lowest BCUT2D eigenvalue weighted by molar-refractivity contribution is -0.0444. The molecule has 4 aliphatic rings. The summed E-state index contributed by atoms with van der Waals surface area (Å²) in [5.74, 6) is 3.63. The Balaban J connectivity index is 1.50. The lowest BCUT2D eigenvalue weighted by Crippen LogP contribution is -2.49. The maximum absolute atomic E-state index is 11.4. The van der Waals surface area contributed by atoms with Gasteiger partial charge in [0.1, 0.15) is 5.82 Å². The standard InChI is InChI=1S/C15H22N4O/c16-14-18-12(4-13(20)19-14)17-8-15-5-9-1-10(6-15)3-11(2-9)7-15/h4,9-11H,1-3,5-8H2,(H4,16,17,18,19,20). The van der Waals surface area contributed by atoms with Gasteiger partial charge in [0, 0.05) is 12.6 Å². The first kappa shape index (κ1) is 12.2. The molecular weight excluding hydrogens is 252 g/mol. The fourth-order valence-electron chi connectivity index (χ4n) is 5.35. The predicted octanol–water partition coefficient (Wildman–Crippen LogP) is 1.98. The molecule has 1 aromatic rings. The number of nitrogen functional groups attached to an aromatic ring is 1. The predicted molar refractivity (Wildman–Crippen MR) is 78.4 cm³/mol. The van der Waals surface area contributed by atoms with Crippen LogP contribution in [0.4, 0.5) is 11.8 Å². The summed E-state index contributed by atoms with van der Waals surface area (Å²) in [6.07, 6.45) is 8.42. The zero-order valence-corrected chi connectivity index (χ0v) is 11.7. The minimum absolute atomic E-state index is 0.186. The van der Waals surface area contributed by atoms with E-state index in [9.17, 15) is 4.79 Å². The summed E-state index contributed by atoms with van der Waals surface area (Å²) >= 11 is 0. The van der Waals surface area contributed by atoms with Crippen LogP contribution in [0, 0.1) is 23.2 Å². The van der Waals surface area contributed by atoms with E-state index in [1.54, 1.807) is 0 Å². The normalized spacial score (nSPS) is 38.1. The molecule has 0 atom stereocenters. The molecule has 4 aliphatic carbocycles. The lowest BCUT2D eigenvalue weighted by atomic mass is 9.49. The van der Waals surface area contributed by atoms with Gasteiger partial charge in [-0.2, -0.15) is 4.98 Å². The van der Waals surface area contributed by atoms with E-state index in [-0.39, 0.29) is 11.5 Å². The molecule has 108 valence electrons. The minimum atomic E-state index is -0.189. The van der Waals surface area contributed by atoms with E-state index in [4.69, 9.17) is 5.73 Å². The molecule has 0 aliphatic heterocycles. The molecule has 1 heterocycles. The van der Waals surface area contributed by atoms with E-state index >= 15 is 0 Å². The largest absolute Gasteiger partial charge is 0.369 e. The van der Waals surface area contributed by atoms with Crippen molar-refractivity contribution in [3.05, 3.63) is 16.4 Å². The summed E-state index contributed by atoms with van der Waals surface area (Å²) in [4.78, 5) is 18.1. The topological polar surface area (TPSA) is 83.8 Å². The van der Waals surface area contributed by atoms with Crippen molar-refractivity contribution < 1.29 is 0 Å². The highest BCUT2D eigenvalue weighted by Crippen LogP contribution is 2.59. The van der Waals surface area contributed by atoms with Crippen LogP contribution in [0.5, 0.6) is 0 Å². The highest BCUT2D eigenvalue weighted by atomic mass is 16.1.